The summed E-state index contributed by atoms with van der Waals surface area (Å²) < 4.78 is 0. The maximum absolute atomic E-state index is 12.9. The second-order valence-corrected chi connectivity index (χ2v) is 6.32. The summed E-state index contributed by atoms with van der Waals surface area (Å²) in [7, 11) is 0. The van der Waals surface area contributed by atoms with Crippen LogP contribution in [0.5, 0.6) is 0 Å². The number of hydrogen-bond acceptors (Lipinski definition) is 2. The molecule has 0 aliphatic carbocycles. The van der Waals surface area contributed by atoms with Gasteiger partial charge in [0.25, 0.3) is 0 Å². The van der Waals surface area contributed by atoms with Crippen LogP contribution in [0.15, 0.2) is 36.9 Å². The first-order valence-corrected chi connectivity index (χ1v) is 8.06. The standard InChI is InChI=1S/C19H28N2O2/c1-6-11-21(13-17-10-8-7-9-15(17)4)19(23)18(12-14(2)3)20-16(5)22/h6-10,14,18H,1,11-13H2,2-5H3,(H,20,22). The van der Waals surface area contributed by atoms with E-state index in [-0.39, 0.29) is 11.8 Å². The Morgan fingerprint density at radius 2 is 1.96 bits per heavy atom. The van der Waals surface area contributed by atoms with Crippen LogP contribution in [0, 0.1) is 12.8 Å². The molecule has 1 aromatic carbocycles. The van der Waals surface area contributed by atoms with Crippen molar-refractivity contribution in [3.8, 4) is 0 Å². The largest absolute Gasteiger partial charge is 0.345 e. The second kappa shape index (κ2) is 9.13. The lowest BCUT2D eigenvalue weighted by Crippen LogP contribution is -2.48. The molecular formula is C19H28N2O2. The van der Waals surface area contributed by atoms with Crippen LogP contribution in [0.25, 0.3) is 0 Å². The van der Waals surface area contributed by atoms with Gasteiger partial charge in [0.1, 0.15) is 6.04 Å². The van der Waals surface area contributed by atoms with Crippen LogP contribution in [-0.2, 0) is 16.1 Å². The fraction of sp³-hybridized carbons (Fsp3) is 0.474. The predicted octanol–water partition coefficient (Wildman–Crippen LogP) is 3.06. The zero-order chi connectivity index (χ0) is 17.4. The van der Waals surface area contributed by atoms with Gasteiger partial charge in [-0.3, -0.25) is 9.59 Å². The summed E-state index contributed by atoms with van der Waals surface area (Å²) in [6, 6.07) is 7.52. The summed E-state index contributed by atoms with van der Waals surface area (Å²) >= 11 is 0. The number of carbonyl (C=O) groups is 2. The number of aryl methyl sites for hydroxylation is 1. The molecule has 0 saturated heterocycles. The molecular weight excluding hydrogens is 288 g/mol. The molecule has 23 heavy (non-hydrogen) atoms. The van der Waals surface area contributed by atoms with Gasteiger partial charge in [0.2, 0.25) is 11.8 Å². The first-order chi connectivity index (χ1) is 10.8. The molecule has 1 atom stereocenters. The van der Waals surface area contributed by atoms with Crippen LogP contribution in [0.2, 0.25) is 0 Å². The monoisotopic (exact) mass is 316 g/mol. The Balaban J connectivity index is 2.96. The second-order valence-electron chi connectivity index (χ2n) is 6.32. The van der Waals surface area contributed by atoms with Crippen LogP contribution in [0.3, 0.4) is 0 Å². The molecule has 1 N–H and O–H groups in total. The third-order valence-electron chi connectivity index (χ3n) is 3.67. The number of nitrogens with zero attached hydrogens (tertiary/aromatic N) is 1. The molecule has 0 fully saturated rings. The molecule has 4 nitrogen and oxygen atoms in total. The highest BCUT2D eigenvalue weighted by molar-refractivity contribution is 5.87. The van der Waals surface area contributed by atoms with E-state index in [4.69, 9.17) is 0 Å². The summed E-state index contributed by atoms with van der Waals surface area (Å²) in [5, 5.41) is 2.79. The molecule has 0 heterocycles. The highest BCUT2D eigenvalue weighted by atomic mass is 16.2. The van der Waals surface area contributed by atoms with E-state index in [1.54, 1.807) is 11.0 Å². The van der Waals surface area contributed by atoms with Crippen molar-refractivity contribution in [2.45, 2.75) is 46.7 Å². The molecule has 0 aromatic heterocycles. The third-order valence-corrected chi connectivity index (χ3v) is 3.67. The number of hydrogen-bond donors (Lipinski definition) is 1. The van der Waals surface area contributed by atoms with Gasteiger partial charge >= 0.3 is 0 Å². The zero-order valence-corrected chi connectivity index (χ0v) is 14.6. The van der Waals surface area contributed by atoms with E-state index in [1.807, 2.05) is 45.0 Å². The average Bonchev–Trinajstić information content (AvgIpc) is 2.46. The van der Waals surface area contributed by atoms with Crippen molar-refractivity contribution in [1.29, 1.82) is 0 Å². The number of rotatable bonds is 8. The third kappa shape index (κ3) is 6.27. The van der Waals surface area contributed by atoms with Crippen molar-refractivity contribution >= 4 is 11.8 Å². The minimum atomic E-state index is -0.489. The Kier molecular flexibility index (Phi) is 7.52. The lowest BCUT2D eigenvalue weighted by molar-refractivity contribution is -0.136. The van der Waals surface area contributed by atoms with Crippen molar-refractivity contribution in [3.05, 3.63) is 48.0 Å². The maximum Gasteiger partial charge on any atom is 0.245 e. The van der Waals surface area contributed by atoms with Gasteiger partial charge < -0.3 is 10.2 Å². The Hall–Kier alpha value is -2.10. The predicted molar refractivity (Wildman–Crippen MR) is 93.9 cm³/mol. The molecule has 0 bridgehead atoms. The van der Waals surface area contributed by atoms with Crippen molar-refractivity contribution < 1.29 is 9.59 Å². The number of amides is 2. The van der Waals surface area contributed by atoms with Crippen LogP contribution >= 0.6 is 0 Å². The van der Waals surface area contributed by atoms with Gasteiger partial charge in [0.15, 0.2) is 0 Å². The van der Waals surface area contributed by atoms with Crippen molar-refractivity contribution in [2.24, 2.45) is 5.92 Å². The molecule has 0 radical (unpaired) electrons. The Bertz CT molecular complexity index is 552. The van der Waals surface area contributed by atoms with Gasteiger partial charge in [-0.2, -0.15) is 0 Å². The minimum absolute atomic E-state index is 0.0583. The summed E-state index contributed by atoms with van der Waals surface area (Å²) in [5.74, 6) is 0.0790. The molecule has 4 heteroatoms. The van der Waals surface area contributed by atoms with Crippen LogP contribution in [-0.4, -0.2) is 29.3 Å². The lowest BCUT2D eigenvalue weighted by atomic mass is 10.0. The molecule has 0 aliphatic rings. The minimum Gasteiger partial charge on any atom is -0.345 e. The maximum atomic E-state index is 12.9. The topological polar surface area (TPSA) is 49.4 Å². The average molecular weight is 316 g/mol. The molecule has 1 rings (SSSR count). The summed E-state index contributed by atoms with van der Waals surface area (Å²) in [5.41, 5.74) is 2.25. The van der Waals surface area contributed by atoms with Gasteiger partial charge in [0.05, 0.1) is 0 Å². The van der Waals surface area contributed by atoms with Gasteiger partial charge in [-0.25, -0.2) is 0 Å². The zero-order valence-electron chi connectivity index (χ0n) is 14.6. The summed E-state index contributed by atoms with van der Waals surface area (Å²) in [6.45, 7) is 12.3. The highest BCUT2D eigenvalue weighted by Gasteiger charge is 2.25. The fourth-order valence-corrected chi connectivity index (χ4v) is 2.54. The molecule has 0 aliphatic heterocycles. The molecule has 0 spiro atoms. The Labute approximate surface area is 139 Å². The smallest absolute Gasteiger partial charge is 0.245 e. The fourth-order valence-electron chi connectivity index (χ4n) is 2.54. The van der Waals surface area contributed by atoms with Gasteiger partial charge in [-0.15, -0.1) is 6.58 Å². The van der Waals surface area contributed by atoms with E-state index in [0.717, 1.165) is 11.1 Å². The van der Waals surface area contributed by atoms with Gasteiger partial charge in [0, 0.05) is 20.0 Å². The highest BCUT2D eigenvalue weighted by Crippen LogP contribution is 2.14. The van der Waals surface area contributed by atoms with Gasteiger partial charge in [-0.05, 0) is 30.4 Å². The normalized spacial score (nSPS) is 11.9. The molecule has 2 amide bonds. The molecule has 0 saturated carbocycles. The van der Waals surface area contributed by atoms with Crippen molar-refractivity contribution in [1.82, 2.24) is 10.2 Å². The van der Waals surface area contributed by atoms with E-state index < -0.39 is 6.04 Å². The van der Waals surface area contributed by atoms with E-state index in [0.29, 0.717) is 25.4 Å². The Morgan fingerprint density at radius 1 is 1.30 bits per heavy atom. The first kappa shape index (κ1) is 18.9. The quantitative estimate of drug-likeness (QED) is 0.749. The van der Waals surface area contributed by atoms with Gasteiger partial charge in [-0.1, -0.05) is 44.2 Å². The molecule has 1 unspecified atom stereocenters. The Morgan fingerprint density at radius 3 is 2.48 bits per heavy atom. The molecule has 126 valence electrons. The SMILES string of the molecule is C=CCN(Cc1ccccc1C)C(=O)C(CC(C)C)NC(C)=O. The summed E-state index contributed by atoms with van der Waals surface area (Å²) in [6.07, 6.45) is 2.34. The van der Waals surface area contributed by atoms with E-state index in [1.165, 1.54) is 6.92 Å². The van der Waals surface area contributed by atoms with Crippen LogP contribution in [0.1, 0.15) is 38.3 Å². The van der Waals surface area contributed by atoms with Crippen molar-refractivity contribution in [2.75, 3.05) is 6.54 Å². The van der Waals surface area contributed by atoms with E-state index in [9.17, 15) is 9.59 Å². The van der Waals surface area contributed by atoms with Crippen LogP contribution in [0.4, 0.5) is 0 Å². The van der Waals surface area contributed by atoms with Crippen molar-refractivity contribution in [3.63, 3.8) is 0 Å². The lowest BCUT2D eigenvalue weighted by Gasteiger charge is -2.28. The first-order valence-electron chi connectivity index (χ1n) is 8.06. The summed E-state index contributed by atoms with van der Waals surface area (Å²) in [4.78, 5) is 26.1. The van der Waals surface area contributed by atoms with E-state index >= 15 is 0 Å². The molecule has 1 aromatic rings. The number of carbonyl (C=O) groups excluding carboxylic acids is 2. The number of nitrogens with one attached hydrogen (secondary N) is 1. The number of benzene rings is 1. The van der Waals surface area contributed by atoms with Crippen LogP contribution < -0.4 is 5.32 Å². The van der Waals surface area contributed by atoms with E-state index in [2.05, 4.69) is 11.9 Å².